The van der Waals surface area contributed by atoms with E-state index in [4.69, 9.17) is 15.7 Å². The number of benzene rings is 2. The first-order chi connectivity index (χ1) is 25.5. The number of hydrogen-bond donors (Lipinski definition) is 4. The van der Waals surface area contributed by atoms with E-state index < -0.39 is 0 Å². The third-order valence-electron chi connectivity index (χ3n) is 9.00. The summed E-state index contributed by atoms with van der Waals surface area (Å²) in [5.74, 6) is -0.0293. The molecule has 0 radical (unpaired) electrons. The van der Waals surface area contributed by atoms with E-state index in [1.807, 2.05) is 68.0 Å². The Morgan fingerprint density at radius 1 is 0.698 bits per heavy atom. The maximum Gasteiger partial charge on any atom is 0.276 e. The Kier molecular flexibility index (Phi) is 10.7. The van der Waals surface area contributed by atoms with Crippen molar-refractivity contribution in [1.29, 1.82) is 0 Å². The quantitative estimate of drug-likeness (QED) is 0.100. The maximum atomic E-state index is 13.5. The van der Waals surface area contributed by atoms with Gasteiger partial charge in [0, 0.05) is 44.0 Å². The Morgan fingerprint density at radius 2 is 1.17 bits per heavy atom. The number of unbranched alkanes of at least 4 members (excludes halogenated alkanes) is 1. The smallest absolute Gasteiger partial charge is 0.276 e. The lowest BCUT2D eigenvalue weighted by atomic mass is 10.1. The van der Waals surface area contributed by atoms with Gasteiger partial charge in [-0.15, -0.1) is 0 Å². The van der Waals surface area contributed by atoms with Crippen molar-refractivity contribution in [2.45, 2.75) is 80.1 Å². The number of imidazole rings is 2. The molecule has 5 N–H and O–H groups in total. The van der Waals surface area contributed by atoms with Crippen LogP contribution < -0.4 is 21.7 Å². The van der Waals surface area contributed by atoms with Gasteiger partial charge in [0.15, 0.2) is 0 Å². The molecule has 0 fully saturated rings. The number of nitrogens with one attached hydrogen (secondary N) is 3. The van der Waals surface area contributed by atoms with Crippen LogP contribution >= 0.6 is 0 Å². The number of carbonyl (C=O) groups excluding carboxylic acids is 3. The fraction of sp³-hybridized carbons (Fsp3) is 0.342. The number of anilines is 2. The fourth-order valence-corrected chi connectivity index (χ4v) is 6.39. The third kappa shape index (κ3) is 7.68. The van der Waals surface area contributed by atoms with Crippen LogP contribution in [0.5, 0.6) is 0 Å². The van der Waals surface area contributed by atoms with Gasteiger partial charge in [0.25, 0.3) is 17.7 Å². The van der Waals surface area contributed by atoms with Gasteiger partial charge in [-0.25, -0.2) is 9.97 Å². The highest BCUT2D eigenvalue weighted by molar-refractivity contribution is 6.04. The van der Waals surface area contributed by atoms with E-state index in [-0.39, 0.29) is 17.7 Å². The minimum Gasteiger partial charge on any atom is -0.399 e. The molecule has 15 nitrogen and oxygen atoms in total. The Hall–Kier alpha value is -6.25. The molecule has 0 bridgehead atoms. The van der Waals surface area contributed by atoms with Gasteiger partial charge < -0.3 is 20.2 Å². The summed E-state index contributed by atoms with van der Waals surface area (Å²) in [4.78, 5) is 49.3. The van der Waals surface area contributed by atoms with Crippen LogP contribution in [-0.4, -0.2) is 62.9 Å². The highest BCUT2D eigenvalue weighted by Gasteiger charge is 2.21. The molecule has 6 aromatic rings. The van der Waals surface area contributed by atoms with Gasteiger partial charge in [0.1, 0.15) is 11.4 Å². The van der Waals surface area contributed by atoms with Crippen LogP contribution in [0.4, 0.5) is 11.9 Å². The van der Waals surface area contributed by atoms with Crippen molar-refractivity contribution >= 4 is 57.4 Å². The van der Waals surface area contributed by atoms with Crippen LogP contribution in [-0.2, 0) is 26.2 Å². The summed E-state index contributed by atoms with van der Waals surface area (Å²) in [5, 5.41) is 17.8. The van der Waals surface area contributed by atoms with Crippen LogP contribution in [0, 0.1) is 13.8 Å². The average molecular weight is 719 g/mol. The molecule has 0 spiro atoms. The fourth-order valence-electron chi connectivity index (χ4n) is 6.39. The zero-order chi connectivity index (χ0) is 37.8. The molecule has 4 heterocycles. The van der Waals surface area contributed by atoms with Crippen molar-refractivity contribution in [3.05, 3.63) is 89.0 Å². The number of nitrogens with zero attached hydrogens (tertiary/aromatic N) is 8. The summed E-state index contributed by atoms with van der Waals surface area (Å²) in [6.07, 6.45) is 2.20. The van der Waals surface area contributed by atoms with Crippen molar-refractivity contribution in [3.8, 4) is 0 Å². The molecule has 0 saturated carbocycles. The van der Waals surface area contributed by atoms with E-state index >= 15 is 0 Å². The topological polar surface area (TPSA) is 185 Å². The molecule has 0 atom stereocenters. The molecule has 0 aliphatic rings. The first-order valence-corrected chi connectivity index (χ1v) is 18.0. The number of hydrogen-bond acceptors (Lipinski definition) is 8. The van der Waals surface area contributed by atoms with Crippen molar-refractivity contribution in [1.82, 2.24) is 44.0 Å². The van der Waals surface area contributed by atoms with Crippen molar-refractivity contribution in [3.63, 3.8) is 0 Å². The van der Waals surface area contributed by atoms with E-state index in [0.29, 0.717) is 91.1 Å². The summed E-state index contributed by atoms with van der Waals surface area (Å²) in [6.45, 7) is 16.1. The zero-order valence-corrected chi connectivity index (χ0v) is 30.9. The molecular weight excluding hydrogens is 672 g/mol. The molecule has 6 rings (SSSR count). The Bertz CT molecular complexity index is 2340. The van der Waals surface area contributed by atoms with Crippen molar-refractivity contribution in [2.75, 3.05) is 17.2 Å². The molecule has 0 unspecified atom stereocenters. The largest absolute Gasteiger partial charge is 0.399 e. The standard InChI is InChI=1S/C38H46N12O3/c1-7-16-40-34(51)27-13-15-31-29(22-27)42-38(44-36(53)33-20-24(5)46-50(33)9-3)48(31)18-11-10-17-47-30-14-12-26(25(6)39)21-28(30)41-37(47)43-35(52)32-19-23(4)45-49(32)8-2/h12-15,19-22H,6-11,16-18,39H2,1-5H3,(H,40,51)(H,41,43,52)(H,42,44,53). The average Bonchev–Trinajstić information content (AvgIpc) is 3.90. The van der Waals surface area contributed by atoms with Gasteiger partial charge in [-0.3, -0.25) is 34.4 Å². The first-order valence-electron chi connectivity index (χ1n) is 18.0. The summed E-state index contributed by atoms with van der Waals surface area (Å²) in [6, 6.07) is 14.6. The number of fused-ring (bicyclic) bond motifs is 2. The molecule has 276 valence electrons. The molecular formula is C38H46N12O3. The van der Waals surface area contributed by atoms with E-state index in [2.05, 4.69) is 32.7 Å². The van der Waals surface area contributed by atoms with Gasteiger partial charge in [-0.05, 0) is 95.0 Å². The molecule has 53 heavy (non-hydrogen) atoms. The van der Waals surface area contributed by atoms with E-state index in [1.165, 1.54) is 0 Å². The zero-order valence-electron chi connectivity index (χ0n) is 30.9. The monoisotopic (exact) mass is 718 g/mol. The van der Waals surface area contributed by atoms with Crippen molar-refractivity contribution in [2.24, 2.45) is 5.73 Å². The van der Waals surface area contributed by atoms with E-state index in [9.17, 15) is 14.4 Å². The number of aryl methyl sites for hydroxylation is 6. The van der Waals surface area contributed by atoms with E-state index in [1.54, 1.807) is 33.6 Å². The van der Waals surface area contributed by atoms with Gasteiger partial charge in [-0.2, -0.15) is 10.2 Å². The number of aromatic nitrogens is 8. The molecule has 0 aliphatic carbocycles. The van der Waals surface area contributed by atoms with Gasteiger partial charge >= 0.3 is 0 Å². The number of amides is 3. The minimum atomic E-state index is -0.325. The Balaban J connectivity index is 1.27. The van der Waals surface area contributed by atoms with Crippen LogP contribution in [0.2, 0.25) is 0 Å². The molecule has 0 aliphatic heterocycles. The molecule has 4 aromatic heterocycles. The van der Waals surface area contributed by atoms with Gasteiger partial charge in [-0.1, -0.05) is 19.6 Å². The minimum absolute atomic E-state index is 0.177. The van der Waals surface area contributed by atoms with Crippen LogP contribution in [0.1, 0.15) is 88.3 Å². The predicted octanol–water partition coefficient (Wildman–Crippen LogP) is 5.49. The number of carbonyl (C=O) groups is 3. The summed E-state index contributed by atoms with van der Waals surface area (Å²) in [7, 11) is 0. The second-order valence-electron chi connectivity index (χ2n) is 13.0. The lowest BCUT2D eigenvalue weighted by Gasteiger charge is -2.13. The Morgan fingerprint density at radius 3 is 1.62 bits per heavy atom. The Labute approximate surface area is 307 Å². The second kappa shape index (κ2) is 15.6. The molecule has 2 aromatic carbocycles. The highest BCUT2D eigenvalue weighted by atomic mass is 16.2. The van der Waals surface area contributed by atoms with Gasteiger partial charge in [0.2, 0.25) is 11.9 Å². The van der Waals surface area contributed by atoms with Gasteiger partial charge in [0.05, 0.1) is 33.5 Å². The first kappa shape index (κ1) is 36.5. The van der Waals surface area contributed by atoms with E-state index in [0.717, 1.165) is 34.4 Å². The van der Waals surface area contributed by atoms with Crippen molar-refractivity contribution < 1.29 is 14.4 Å². The predicted molar refractivity (Wildman–Crippen MR) is 206 cm³/mol. The third-order valence-corrected chi connectivity index (χ3v) is 9.00. The summed E-state index contributed by atoms with van der Waals surface area (Å²) >= 11 is 0. The summed E-state index contributed by atoms with van der Waals surface area (Å²) < 4.78 is 7.27. The normalized spacial score (nSPS) is 11.3. The highest BCUT2D eigenvalue weighted by Crippen LogP contribution is 2.26. The molecule has 0 saturated heterocycles. The maximum absolute atomic E-state index is 13.5. The van der Waals surface area contributed by atoms with Crippen LogP contribution in [0.25, 0.3) is 27.8 Å². The lowest BCUT2D eigenvalue weighted by molar-refractivity contribution is 0.0952. The van der Waals surface area contributed by atoms with Crippen LogP contribution in [0.3, 0.4) is 0 Å². The summed E-state index contributed by atoms with van der Waals surface area (Å²) in [5.41, 5.74) is 12.9. The molecule has 3 amide bonds. The van der Waals surface area contributed by atoms with Crippen LogP contribution in [0.15, 0.2) is 55.1 Å². The lowest BCUT2D eigenvalue weighted by Crippen LogP contribution is -2.23. The molecule has 15 heteroatoms. The number of nitrogens with two attached hydrogens (primary N) is 1. The SMILES string of the molecule is C=C(N)c1ccc2c(c1)nc(NC(=O)c1cc(C)nn1CC)n2CCCCn1c(NC(=O)c2cc(C)nn2CC)nc2cc(C(=O)NCCC)ccc21. The second-order valence-corrected chi connectivity index (χ2v) is 13.0. The number of rotatable bonds is 15.